The van der Waals surface area contributed by atoms with E-state index in [0.717, 1.165) is 11.1 Å². The average Bonchev–Trinajstić information content (AvgIpc) is 2.81. The van der Waals surface area contributed by atoms with Crippen LogP contribution in [-0.2, 0) is 23.9 Å². The fourth-order valence-corrected chi connectivity index (χ4v) is 4.12. The SMILES string of the molecule is CC(=O)O[C@H]1CC(C)=C2C(=O)C=C(C)[C@H]2[C@@H]2OC(=O)[C@@H](C)[C@@H]21. The molecule has 5 nitrogen and oxygen atoms in total. The Balaban J connectivity index is 2.08. The molecule has 0 spiro atoms. The van der Waals surface area contributed by atoms with Crippen LogP contribution in [0.25, 0.3) is 0 Å². The van der Waals surface area contributed by atoms with Crippen molar-refractivity contribution >= 4 is 17.7 Å². The first kappa shape index (κ1) is 15.0. The summed E-state index contributed by atoms with van der Waals surface area (Å²) in [6.07, 6.45) is 1.24. The third-order valence-electron chi connectivity index (χ3n) is 5.05. The normalized spacial score (nSPS) is 37.3. The van der Waals surface area contributed by atoms with Crippen LogP contribution in [0.2, 0.25) is 0 Å². The summed E-state index contributed by atoms with van der Waals surface area (Å²) in [6.45, 7) is 6.96. The van der Waals surface area contributed by atoms with Crippen molar-refractivity contribution in [2.45, 2.75) is 46.3 Å². The molecule has 0 aromatic rings. The topological polar surface area (TPSA) is 69.7 Å². The van der Waals surface area contributed by atoms with Gasteiger partial charge < -0.3 is 9.47 Å². The number of carbonyl (C=O) groups excluding carboxylic acids is 3. The van der Waals surface area contributed by atoms with Crippen LogP contribution in [0.1, 0.15) is 34.1 Å². The fourth-order valence-electron chi connectivity index (χ4n) is 4.12. The van der Waals surface area contributed by atoms with E-state index in [0.29, 0.717) is 12.0 Å². The summed E-state index contributed by atoms with van der Waals surface area (Å²) < 4.78 is 11.1. The predicted octanol–water partition coefficient (Wildman–Crippen LogP) is 1.96. The van der Waals surface area contributed by atoms with Gasteiger partial charge in [0.25, 0.3) is 0 Å². The molecule has 0 bridgehead atoms. The van der Waals surface area contributed by atoms with Crippen molar-refractivity contribution in [1.82, 2.24) is 0 Å². The van der Waals surface area contributed by atoms with E-state index in [9.17, 15) is 14.4 Å². The van der Waals surface area contributed by atoms with Crippen LogP contribution in [0, 0.1) is 17.8 Å². The van der Waals surface area contributed by atoms with Gasteiger partial charge in [0.15, 0.2) is 5.78 Å². The molecule has 2 aliphatic carbocycles. The van der Waals surface area contributed by atoms with Crippen LogP contribution in [0.15, 0.2) is 22.8 Å². The number of allylic oxidation sites excluding steroid dienone is 1. The summed E-state index contributed by atoms with van der Waals surface area (Å²) in [5, 5.41) is 0. The van der Waals surface area contributed by atoms with Crippen molar-refractivity contribution in [2.24, 2.45) is 17.8 Å². The standard InChI is InChI=1S/C17H20O5/c1-7-5-11(19)13-8(2)6-12(21-10(4)18)15-9(3)17(20)22-16(15)14(7)13/h5,9,12,14-16H,6H2,1-4H3/t9-,12-,14+,15+,16-/m0/s1. The number of fused-ring (bicyclic) bond motifs is 3. The van der Waals surface area contributed by atoms with Gasteiger partial charge in [0.2, 0.25) is 0 Å². The van der Waals surface area contributed by atoms with Gasteiger partial charge in [-0.05, 0) is 19.9 Å². The Morgan fingerprint density at radius 2 is 2.00 bits per heavy atom. The second-order valence-corrected chi connectivity index (χ2v) is 6.54. The van der Waals surface area contributed by atoms with E-state index in [1.165, 1.54) is 6.92 Å². The molecular formula is C17H20O5. The molecule has 0 unspecified atom stereocenters. The van der Waals surface area contributed by atoms with Crippen molar-refractivity contribution in [2.75, 3.05) is 0 Å². The lowest BCUT2D eigenvalue weighted by molar-refractivity contribution is -0.150. The molecule has 0 aromatic heterocycles. The zero-order valence-electron chi connectivity index (χ0n) is 13.2. The molecule has 0 amide bonds. The summed E-state index contributed by atoms with van der Waals surface area (Å²) >= 11 is 0. The van der Waals surface area contributed by atoms with Gasteiger partial charge in [-0.1, -0.05) is 18.1 Å². The van der Waals surface area contributed by atoms with Gasteiger partial charge in [0.1, 0.15) is 12.2 Å². The van der Waals surface area contributed by atoms with E-state index in [2.05, 4.69) is 0 Å². The molecule has 1 fully saturated rings. The number of hydrogen-bond acceptors (Lipinski definition) is 5. The highest BCUT2D eigenvalue weighted by Gasteiger charge is 2.55. The molecule has 5 heteroatoms. The van der Waals surface area contributed by atoms with Crippen molar-refractivity contribution in [3.63, 3.8) is 0 Å². The van der Waals surface area contributed by atoms with E-state index in [4.69, 9.17) is 9.47 Å². The quantitative estimate of drug-likeness (QED) is 0.693. The highest BCUT2D eigenvalue weighted by Crippen LogP contribution is 2.48. The number of hydrogen-bond donors (Lipinski definition) is 0. The molecule has 118 valence electrons. The van der Waals surface area contributed by atoms with E-state index >= 15 is 0 Å². The molecule has 1 aliphatic heterocycles. The van der Waals surface area contributed by atoms with E-state index in [-0.39, 0.29) is 35.5 Å². The number of carbonyl (C=O) groups is 3. The highest BCUT2D eigenvalue weighted by molar-refractivity contribution is 6.09. The fraction of sp³-hybridized carbons (Fsp3) is 0.588. The predicted molar refractivity (Wildman–Crippen MR) is 77.7 cm³/mol. The van der Waals surface area contributed by atoms with Gasteiger partial charge in [0.05, 0.1) is 5.92 Å². The summed E-state index contributed by atoms with van der Waals surface area (Å²) in [5.41, 5.74) is 2.55. The van der Waals surface area contributed by atoms with Crippen LogP contribution in [-0.4, -0.2) is 29.9 Å². The van der Waals surface area contributed by atoms with E-state index < -0.39 is 12.2 Å². The Hall–Kier alpha value is -1.91. The zero-order chi connectivity index (χ0) is 16.2. The third-order valence-corrected chi connectivity index (χ3v) is 5.05. The lowest BCUT2D eigenvalue weighted by Gasteiger charge is -2.29. The van der Waals surface area contributed by atoms with Crippen LogP contribution >= 0.6 is 0 Å². The van der Waals surface area contributed by atoms with Crippen LogP contribution in [0.5, 0.6) is 0 Å². The Bertz CT molecular complexity index is 627. The minimum absolute atomic E-state index is 0.0159. The first-order chi connectivity index (χ1) is 10.3. The van der Waals surface area contributed by atoms with Gasteiger partial charge in [0, 0.05) is 30.8 Å². The molecule has 1 saturated heterocycles. The Labute approximate surface area is 129 Å². The monoisotopic (exact) mass is 304 g/mol. The van der Waals surface area contributed by atoms with E-state index in [1.807, 2.05) is 13.8 Å². The van der Waals surface area contributed by atoms with Gasteiger partial charge in [-0.25, -0.2) is 0 Å². The first-order valence-electron chi connectivity index (χ1n) is 7.61. The summed E-state index contributed by atoms with van der Waals surface area (Å²) in [7, 11) is 0. The molecule has 22 heavy (non-hydrogen) atoms. The number of esters is 2. The summed E-state index contributed by atoms with van der Waals surface area (Å²) in [6, 6.07) is 0. The molecule has 5 atom stereocenters. The first-order valence-corrected chi connectivity index (χ1v) is 7.61. The lowest BCUT2D eigenvalue weighted by Crippen LogP contribution is -2.37. The Morgan fingerprint density at radius 3 is 2.64 bits per heavy atom. The number of ketones is 1. The van der Waals surface area contributed by atoms with Crippen molar-refractivity contribution in [3.05, 3.63) is 22.8 Å². The maximum Gasteiger partial charge on any atom is 0.309 e. The summed E-state index contributed by atoms with van der Waals surface area (Å²) in [5.74, 6) is -1.44. The maximum absolute atomic E-state index is 12.3. The van der Waals surface area contributed by atoms with Gasteiger partial charge in [-0.15, -0.1) is 0 Å². The average molecular weight is 304 g/mol. The Morgan fingerprint density at radius 1 is 1.32 bits per heavy atom. The van der Waals surface area contributed by atoms with Crippen molar-refractivity contribution in [3.8, 4) is 0 Å². The van der Waals surface area contributed by atoms with Gasteiger partial charge >= 0.3 is 11.9 Å². The molecule has 0 saturated carbocycles. The number of ether oxygens (including phenoxy) is 2. The smallest absolute Gasteiger partial charge is 0.309 e. The third kappa shape index (κ3) is 2.11. The van der Waals surface area contributed by atoms with Gasteiger partial charge in [-0.3, -0.25) is 14.4 Å². The molecule has 1 heterocycles. The lowest BCUT2D eigenvalue weighted by atomic mass is 9.79. The molecular weight excluding hydrogens is 284 g/mol. The van der Waals surface area contributed by atoms with Crippen LogP contribution in [0.4, 0.5) is 0 Å². The number of rotatable bonds is 1. The molecule has 3 rings (SSSR count). The minimum Gasteiger partial charge on any atom is -0.462 e. The van der Waals surface area contributed by atoms with Crippen LogP contribution < -0.4 is 0 Å². The van der Waals surface area contributed by atoms with Crippen molar-refractivity contribution < 1.29 is 23.9 Å². The second kappa shape index (κ2) is 5.07. The van der Waals surface area contributed by atoms with E-state index in [1.54, 1.807) is 13.0 Å². The zero-order valence-corrected chi connectivity index (χ0v) is 13.2. The maximum atomic E-state index is 12.3. The summed E-state index contributed by atoms with van der Waals surface area (Å²) in [4.78, 5) is 35.8. The minimum atomic E-state index is -0.429. The Kier molecular flexibility index (Phi) is 3.46. The largest absolute Gasteiger partial charge is 0.462 e. The molecule has 0 N–H and O–H groups in total. The van der Waals surface area contributed by atoms with Gasteiger partial charge in [-0.2, -0.15) is 0 Å². The molecule has 3 aliphatic rings. The highest BCUT2D eigenvalue weighted by atomic mass is 16.6. The second-order valence-electron chi connectivity index (χ2n) is 6.54. The van der Waals surface area contributed by atoms with Crippen LogP contribution in [0.3, 0.4) is 0 Å². The van der Waals surface area contributed by atoms with Crippen molar-refractivity contribution in [1.29, 1.82) is 0 Å². The molecule has 0 aromatic carbocycles. The molecule has 0 radical (unpaired) electrons.